The molecule has 6 heteroatoms. The van der Waals surface area contributed by atoms with Crippen LogP contribution in [0.5, 0.6) is 11.5 Å². The van der Waals surface area contributed by atoms with E-state index in [2.05, 4.69) is 0 Å². The first-order valence-corrected chi connectivity index (χ1v) is 4.03. The Morgan fingerprint density at radius 1 is 1.53 bits per heavy atom. The summed E-state index contributed by atoms with van der Waals surface area (Å²) in [6, 6.07) is 2.05. The number of Topliss-reactive ketones (excluding diaryl/α,β-unsaturated/α-hetero) is 1. The lowest BCUT2D eigenvalue weighted by Crippen LogP contribution is -2.00. The number of phenols is 1. The largest absolute Gasteiger partial charge is 0.504 e. The molecule has 0 aliphatic carbocycles. The Morgan fingerprint density at radius 3 is 2.53 bits per heavy atom. The molecule has 0 saturated carbocycles. The number of hydrogen-bond donors (Lipinski definition) is 1. The zero-order chi connectivity index (χ0) is 11.6. The van der Waals surface area contributed by atoms with Crippen molar-refractivity contribution in [3.8, 4) is 11.5 Å². The van der Waals surface area contributed by atoms with Crippen molar-refractivity contribution < 1.29 is 19.6 Å². The van der Waals surface area contributed by atoms with Crippen LogP contribution in [0.4, 0.5) is 5.69 Å². The molecule has 0 spiro atoms. The third-order valence-electron chi connectivity index (χ3n) is 1.87. The molecule has 80 valence electrons. The molecule has 6 nitrogen and oxygen atoms in total. The molecule has 0 radical (unpaired) electrons. The minimum Gasteiger partial charge on any atom is -0.504 e. The maximum atomic E-state index is 11.1. The summed E-state index contributed by atoms with van der Waals surface area (Å²) in [5, 5.41) is 20.0. The van der Waals surface area contributed by atoms with Gasteiger partial charge in [0.25, 0.3) is 5.69 Å². The molecule has 0 saturated heterocycles. The lowest BCUT2D eigenvalue weighted by atomic mass is 10.1. The zero-order valence-corrected chi connectivity index (χ0v) is 8.18. The highest BCUT2D eigenvalue weighted by molar-refractivity contribution is 5.98. The van der Waals surface area contributed by atoms with Gasteiger partial charge in [0.1, 0.15) is 0 Å². The summed E-state index contributed by atoms with van der Waals surface area (Å²) in [6.07, 6.45) is 0. The molecule has 1 aromatic rings. The molecule has 15 heavy (non-hydrogen) atoms. The summed E-state index contributed by atoms with van der Waals surface area (Å²) in [4.78, 5) is 21.0. The Hall–Kier alpha value is -2.11. The standard InChI is InChI=1S/C9H9NO5/c1-5(11)6-3-8(12)9(15-2)4-7(6)10(13)14/h3-4,12H,1-2H3. The second kappa shape index (κ2) is 3.95. The van der Waals surface area contributed by atoms with E-state index in [9.17, 15) is 20.0 Å². The molecule has 0 amide bonds. The van der Waals surface area contributed by atoms with Crippen LogP contribution in [0.1, 0.15) is 17.3 Å². The minimum atomic E-state index is -0.696. The summed E-state index contributed by atoms with van der Waals surface area (Å²) in [5.74, 6) is -0.820. The summed E-state index contributed by atoms with van der Waals surface area (Å²) >= 11 is 0. The Balaban J connectivity index is 3.45. The van der Waals surface area contributed by atoms with Gasteiger partial charge in [-0.1, -0.05) is 0 Å². The molecule has 0 bridgehead atoms. The van der Waals surface area contributed by atoms with Gasteiger partial charge in [0.15, 0.2) is 17.3 Å². The summed E-state index contributed by atoms with van der Waals surface area (Å²) in [6.45, 7) is 1.19. The van der Waals surface area contributed by atoms with Crippen molar-refractivity contribution in [2.75, 3.05) is 7.11 Å². The van der Waals surface area contributed by atoms with Gasteiger partial charge in [0, 0.05) is 6.07 Å². The van der Waals surface area contributed by atoms with Gasteiger partial charge in [-0.2, -0.15) is 0 Å². The first-order chi connectivity index (χ1) is 6.97. The van der Waals surface area contributed by atoms with Gasteiger partial charge in [-0.15, -0.1) is 0 Å². The highest BCUT2D eigenvalue weighted by Crippen LogP contribution is 2.33. The van der Waals surface area contributed by atoms with Crippen LogP contribution in [0, 0.1) is 10.1 Å². The van der Waals surface area contributed by atoms with Crippen molar-refractivity contribution in [1.82, 2.24) is 0 Å². The number of hydrogen-bond acceptors (Lipinski definition) is 5. The number of rotatable bonds is 3. The fourth-order valence-electron chi connectivity index (χ4n) is 1.15. The van der Waals surface area contributed by atoms with Crippen LogP contribution in [0.3, 0.4) is 0 Å². The topological polar surface area (TPSA) is 89.7 Å². The monoisotopic (exact) mass is 211 g/mol. The van der Waals surface area contributed by atoms with Gasteiger partial charge in [0.05, 0.1) is 23.7 Å². The van der Waals surface area contributed by atoms with E-state index < -0.39 is 10.7 Å². The number of nitro groups is 1. The number of phenolic OH excluding ortho intramolecular Hbond substituents is 1. The summed E-state index contributed by atoms with van der Waals surface area (Å²) in [7, 11) is 1.27. The molecule has 0 atom stereocenters. The Labute approximate surface area is 85.2 Å². The molecule has 0 unspecified atom stereocenters. The molecule has 0 aromatic heterocycles. The highest BCUT2D eigenvalue weighted by atomic mass is 16.6. The fraction of sp³-hybridized carbons (Fsp3) is 0.222. The van der Waals surface area contributed by atoms with Crippen molar-refractivity contribution >= 4 is 11.5 Å². The first-order valence-electron chi connectivity index (χ1n) is 4.03. The van der Waals surface area contributed by atoms with E-state index in [-0.39, 0.29) is 22.7 Å². The van der Waals surface area contributed by atoms with Crippen LogP contribution in [0.2, 0.25) is 0 Å². The van der Waals surface area contributed by atoms with Crippen LogP contribution in [0.25, 0.3) is 0 Å². The number of nitro benzene ring substituents is 1. The van der Waals surface area contributed by atoms with Gasteiger partial charge in [0.2, 0.25) is 0 Å². The Kier molecular flexibility index (Phi) is 2.89. The number of ether oxygens (including phenoxy) is 1. The molecule has 1 rings (SSSR count). The molecular formula is C9H9NO5. The SMILES string of the molecule is COc1cc([N+](=O)[O-])c(C(C)=O)cc1O. The Bertz CT molecular complexity index is 427. The number of carbonyl (C=O) groups is 1. The van der Waals surface area contributed by atoms with Crippen molar-refractivity contribution in [2.45, 2.75) is 6.92 Å². The second-order valence-electron chi connectivity index (χ2n) is 2.85. The van der Waals surface area contributed by atoms with Gasteiger partial charge in [-0.05, 0) is 6.92 Å². The van der Waals surface area contributed by atoms with Gasteiger partial charge in [-0.3, -0.25) is 14.9 Å². The molecule has 0 heterocycles. The van der Waals surface area contributed by atoms with E-state index in [0.29, 0.717) is 0 Å². The van der Waals surface area contributed by atoms with Crippen molar-refractivity contribution in [2.24, 2.45) is 0 Å². The van der Waals surface area contributed by atoms with Crippen LogP contribution in [-0.2, 0) is 0 Å². The van der Waals surface area contributed by atoms with Crippen LogP contribution in [0.15, 0.2) is 12.1 Å². The summed E-state index contributed by atoms with van der Waals surface area (Å²) < 4.78 is 4.70. The zero-order valence-electron chi connectivity index (χ0n) is 8.18. The molecule has 0 aliphatic heterocycles. The second-order valence-corrected chi connectivity index (χ2v) is 2.85. The molecule has 0 aliphatic rings. The fourth-order valence-corrected chi connectivity index (χ4v) is 1.15. The highest BCUT2D eigenvalue weighted by Gasteiger charge is 2.21. The average Bonchev–Trinajstić information content (AvgIpc) is 2.16. The van der Waals surface area contributed by atoms with E-state index in [1.54, 1.807) is 0 Å². The number of carbonyl (C=O) groups excluding carboxylic acids is 1. The van der Waals surface area contributed by atoms with E-state index in [1.165, 1.54) is 14.0 Å². The van der Waals surface area contributed by atoms with Gasteiger partial charge < -0.3 is 9.84 Å². The van der Waals surface area contributed by atoms with E-state index in [0.717, 1.165) is 12.1 Å². The quantitative estimate of drug-likeness (QED) is 0.465. The molecular weight excluding hydrogens is 202 g/mol. The van der Waals surface area contributed by atoms with Crippen LogP contribution >= 0.6 is 0 Å². The lowest BCUT2D eigenvalue weighted by Gasteiger charge is -2.05. The number of ketones is 1. The molecule has 0 fully saturated rings. The predicted octanol–water partition coefficient (Wildman–Crippen LogP) is 1.51. The predicted molar refractivity (Wildman–Crippen MR) is 51.3 cm³/mol. The molecule has 1 N–H and O–H groups in total. The number of methoxy groups -OCH3 is 1. The van der Waals surface area contributed by atoms with E-state index >= 15 is 0 Å². The minimum absolute atomic E-state index is 0.0355. The van der Waals surface area contributed by atoms with Crippen LogP contribution < -0.4 is 4.74 Å². The maximum absolute atomic E-state index is 11.1. The van der Waals surface area contributed by atoms with Gasteiger partial charge >= 0.3 is 0 Å². The first kappa shape index (κ1) is 11.0. The van der Waals surface area contributed by atoms with E-state index in [1.807, 2.05) is 0 Å². The van der Waals surface area contributed by atoms with Crippen LogP contribution in [-0.4, -0.2) is 22.9 Å². The third kappa shape index (κ3) is 2.04. The number of aromatic hydroxyl groups is 1. The summed E-state index contributed by atoms with van der Waals surface area (Å²) in [5.41, 5.74) is -0.518. The number of benzene rings is 1. The average molecular weight is 211 g/mol. The number of nitrogens with zero attached hydrogens (tertiary/aromatic N) is 1. The molecule has 1 aromatic carbocycles. The smallest absolute Gasteiger partial charge is 0.284 e. The Morgan fingerprint density at radius 2 is 2.13 bits per heavy atom. The third-order valence-corrected chi connectivity index (χ3v) is 1.87. The van der Waals surface area contributed by atoms with E-state index in [4.69, 9.17) is 4.74 Å². The van der Waals surface area contributed by atoms with Crippen molar-refractivity contribution in [1.29, 1.82) is 0 Å². The maximum Gasteiger partial charge on any atom is 0.284 e. The lowest BCUT2D eigenvalue weighted by molar-refractivity contribution is -0.385. The van der Waals surface area contributed by atoms with Gasteiger partial charge in [-0.25, -0.2) is 0 Å². The van der Waals surface area contributed by atoms with Crippen molar-refractivity contribution in [3.63, 3.8) is 0 Å². The normalized spacial score (nSPS) is 9.73. The van der Waals surface area contributed by atoms with Crippen molar-refractivity contribution in [3.05, 3.63) is 27.8 Å².